The molecule has 1 aliphatic carbocycles. The molecule has 0 aliphatic heterocycles. The molecule has 1 aromatic rings. The third kappa shape index (κ3) is 2.29. The molecule has 0 heterocycles. The standard InChI is InChI=1S/C11H11F3O2/c12-11(13,14)9-5-8(15)2-1-7(9)6-10(16)3-4-10/h1-2,5,15-16H,3-4,6H2. The Kier molecular flexibility index (Phi) is 2.38. The fourth-order valence-corrected chi connectivity index (χ4v) is 1.66. The van der Waals surface area contributed by atoms with Gasteiger partial charge < -0.3 is 10.2 Å². The molecule has 2 N–H and O–H groups in total. The maximum absolute atomic E-state index is 12.6. The van der Waals surface area contributed by atoms with E-state index in [1.54, 1.807) is 0 Å². The van der Waals surface area contributed by atoms with E-state index in [1.165, 1.54) is 12.1 Å². The number of benzene rings is 1. The van der Waals surface area contributed by atoms with Gasteiger partial charge in [-0.3, -0.25) is 0 Å². The molecule has 1 aliphatic rings. The van der Waals surface area contributed by atoms with Gasteiger partial charge in [0, 0.05) is 6.42 Å². The number of alkyl halides is 3. The maximum atomic E-state index is 12.6. The van der Waals surface area contributed by atoms with Crippen LogP contribution in [0.2, 0.25) is 0 Å². The fourth-order valence-electron chi connectivity index (χ4n) is 1.66. The molecule has 1 saturated carbocycles. The Morgan fingerprint density at radius 3 is 2.38 bits per heavy atom. The van der Waals surface area contributed by atoms with Crippen molar-refractivity contribution in [3.63, 3.8) is 0 Å². The van der Waals surface area contributed by atoms with Crippen molar-refractivity contribution in [2.24, 2.45) is 0 Å². The van der Waals surface area contributed by atoms with E-state index in [1.807, 2.05) is 0 Å². The van der Waals surface area contributed by atoms with Crippen molar-refractivity contribution in [3.8, 4) is 5.75 Å². The molecule has 0 amide bonds. The lowest BCUT2D eigenvalue weighted by atomic mass is 9.99. The van der Waals surface area contributed by atoms with E-state index in [0.717, 1.165) is 0 Å². The summed E-state index contributed by atoms with van der Waals surface area (Å²) in [6, 6.07) is 3.12. The molecule has 0 saturated heterocycles. The van der Waals surface area contributed by atoms with E-state index in [9.17, 15) is 18.3 Å². The molecule has 0 aromatic heterocycles. The van der Waals surface area contributed by atoms with Gasteiger partial charge in [0.25, 0.3) is 0 Å². The SMILES string of the molecule is Oc1ccc(CC2(O)CC2)c(C(F)(F)F)c1. The second-order valence-corrected chi connectivity index (χ2v) is 4.24. The van der Waals surface area contributed by atoms with Crippen LogP contribution in [0.4, 0.5) is 13.2 Å². The topological polar surface area (TPSA) is 40.5 Å². The van der Waals surface area contributed by atoms with Gasteiger partial charge in [0.1, 0.15) is 5.75 Å². The highest BCUT2D eigenvalue weighted by Gasteiger charge is 2.43. The summed E-state index contributed by atoms with van der Waals surface area (Å²) < 4.78 is 37.9. The summed E-state index contributed by atoms with van der Waals surface area (Å²) in [6.45, 7) is 0. The van der Waals surface area contributed by atoms with Crippen molar-refractivity contribution in [1.29, 1.82) is 0 Å². The summed E-state index contributed by atoms with van der Waals surface area (Å²) in [4.78, 5) is 0. The Hall–Kier alpha value is -1.23. The summed E-state index contributed by atoms with van der Waals surface area (Å²) in [7, 11) is 0. The van der Waals surface area contributed by atoms with Gasteiger partial charge in [0.15, 0.2) is 0 Å². The van der Waals surface area contributed by atoms with E-state index in [4.69, 9.17) is 5.11 Å². The van der Waals surface area contributed by atoms with Crippen molar-refractivity contribution >= 4 is 0 Å². The molecule has 2 nitrogen and oxygen atoms in total. The van der Waals surface area contributed by atoms with E-state index in [0.29, 0.717) is 18.9 Å². The van der Waals surface area contributed by atoms with Crippen LogP contribution in [0.1, 0.15) is 24.0 Å². The normalized spacial score (nSPS) is 18.5. The minimum atomic E-state index is -4.50. The average Bonchev–Trinajstić information content (AvgIpc) is 2.85. The summed E-state index contributed by atoms with van der Waals surface area (Å²) in [6.07, 6.45) is -3.45. The van der Waals surface area contributed by atoms with Crippen molar-refractivity contribution in [2.45, 2.75) is 31.0 Å². The lowest BCUT2D eigenvalue weighted by molar-refractivity contribution is -0.138. The molecule has 5 heteroatoms. The lowest BCUT2D eigenvalue weighted by Gasteiger charge is -2.15. The van der Waals surface area contributed by atoms with Gasteiger partial charge in [-0.15, -0.1) is 0 Å². The molecule has 0 spiro atoms. The zero-order chi connectivity index (χ0) is 12.0. The van der Waals surface area contributed by atoms with Crippen LogP contribution in [-0.2, 0) is 12.6 Å². The molecule has 0 bridgehead atoms. The molecule has 1 fully saturated rings. The highest BCUT2D eigenvalue weighted by molar-refractivity contribution is 5.38. The predicted octanol–water partition coefficient (Wildman–Crippen LogP) is 2.48. The van der Waals surface area contributed by atoms with Crippen molar-refractivity contribution < 1.29 is 23.4 Å². The van der Waals surface area contributed by atoms with Crippen LogP contribution in [0.25, 0.3) is 0 Å². The number of hydrogen-bond acceptors (Lipinski definition) is 2. The Balaban J connectivity index is 2.36. The second kappa shape index (κ2) is 3.38. The number of halogens is 3. The van der Waals surface area contributed by atoms with Gasteiger partial charge >= 0.3 is 6.18 Å². The molecule has 0 unspecified atom stereocenters. The Morgan fingerprint density at radius 1 is 1.25 bits per heavy atom. The number of aromatic hydroxyl groups is 1. The summed E-state index contributed by atoms with van der Waals surface area (Å²) in [5.41, 5.74) is -1.81. The van der Waals surface area contributed by atoms with Crippen LogP contribution in [-0.4, -0.2) is 15.8 Å². The van der Waals surface area contributed by atoms with E-state index < -0.39 is 23.1 Å². The number of rotatable bonds is 2. The second-order valence-electron chi connectivity index (χ2n) is 4.24. The van der Waals surface area contributed by atoms with Gasteiger partial charge in [-0.2, -0.15) is 13.2 Å². The fraction of sp³-hybridized carbons (Fsp3) is 0.455. The zero-order valence-electron chi connectivity index (χ0n) is 8.38. The van der Waals surface area contributed by atoms with Gasteiger partial charge in [0.2, 0.25) is 0 Å². The summed E-state index contributed by atoms with van der Waals surface area (Å²) >= 11 is 0. The first kappa shape index (κ1) is 11.3. The van der Waals surface area contributed by atoms with E-state index >= 15 is 0 Å². The van der Waals surface area contributed by atoms with Crippen molar-refractivity contribution in [2.75, 3.05) is 0 Å². The van der Waals surface area contributed by atoms with Gasteiger partial charge in [0.05, 0.1) is 11.2 Å². The number of phenolic OH excluding ortho intramolecular Hbond substituents is 1. The Morgan fingerprint density at radius 2 is 1.88 bits per heavy atom. The third-order valence-electron chi connectivity index (χ3n) is 2.75. The first-order valence-corrected chi connectivity index (χ1v) is 4.92. The highest BCUT2D eigenvalue weighted by Crippen LogP contribution is 2.42. The minimum absolute atomic E-state index is 0.0118. The first-order valence-electron chi connectivity index (χ1n) is 4.92. The maximum Gasteiger partial charge on any atom is 0.416 e. The van der Waals surface area contributed by atoms with Crippen LogP contribution in [0.15, 0.2) is 18.2 Å². The predicted molar refractivity (Wildman–Crippen MR) is 51.0 cm³/mol. The van der Waals surface area contributed by atoms with Crippen LogP contribution < -0.4 is 0 Å². The molecule has 88 valence electrons. The first-order chi connectivity index (χ1) is 7.30. The van der Waals surface area contributed by atoms with Crippen LogP contribution in [0, 0.1) is 0 Å². The van der Waals surface area contributed by atoms with Crippen LogP contribution >= 0.6 is 0 Å². The minimum Gasteiger partial charge on any atom is -0.508 e. The van der Waals surface area contributed by atoms with E-state index in [-0.39, 0.29) is 12.0 Å². The molecule has 1 aromatic carbocycles. The summed E-state index contributed by atoms with van der Waals surface area (Å²) in [5.74, 6) is -0.418. The van der Waals surface area contributed by atoms with Crippen LogP contribution in [0.3, 0.4) is 0 Å². The number of phenols is 1. The molecule has 2 rings (SSSR count). The number of hydrogen-bond donors (Lipinski definition) is 2. The Bertz CT molecular complexity index is 408. The van der Waals surface area contributed by atoms with E-state index in [2.05, 4.69) is 0 Å². The van der Waals surface area contributed by atoms with Gasteiger partial charge in [-0.25, -0.2) is 0 Å². The lowest BCUT2D eigenvalue weighted by Crippen LogP contribution is -2.16. The van der Waals surface area contributed by atoms with Gasteiger partial charge in [-0.05, 0) is 30.5 Å². The molecule has 0 atom stereocenters. The molecular weight excluding hydrogens is 221 g/mol. The highest BCUT2D eigenvalue weighted by atomic mass is 19.4. The third-order valence-corrected chi connectivity index (χ3v) is 2.75. The number of aliphatic hydroxyl groups is 1. The average molecular weight is 232 g/mol. The Labute approximate surface area is 90.3 Å². The van der Waals surface area contributed by atoms with Crippen molar-refractivity contribution in [1.82, 2.24) is 0 Å². The smallest absolute Gasteiger partial charge is 0.416 e. The molecule has 0 radical (unpaired) electrons. The zero-order valence-corrected chi connectivity index (χ0v) is 8.38. The van der Waals surface area contributed by atoms with Crippen molar-refractivity contribution in [3.05, 3.63) is 29.3 Å². The largest absolute Gasteiger partial charge is 0.508 e. The van der Waals surface area contributed by atoms with Crippen LogP contribution in [0.5, 0.6) is 5.75 Å². The molecule has 16 heavy (non-hydrogen) atoms. The molecular formula is C11H11F3O2. The van der Waals surface area contributed by atoms with Gasteiger partial charge in [-0.1, -0.05) is 6.07 Å². The monoisotopic (exact) mass is 232 g/mol. The summed E-state index contributed by atoms with van der Waals surface area (Å²) in [5, 5.41) is 18.7. The quantitative estimate of drug-likeness (QED) is 0.822.